The second-order valence-electron chi connectivity index (χ2n) is 5.54. The first-order valence-corrected chi connectivity index (χ1v) is 8.02. The third-order valence-corrected chi connectivity index (χ3v) is 5.10. The molecule has 0 unspecified atom stereocenters. The number of aromatic nitrogens is 1. The second kappa shape index (κ2) is 5.85. The zero-order valence-corrected chi connectivity index (χ0v) is 12.9. The fraction of sp³-hybridized carbons (Fsp3) is 0.375. The lowest BCUT2D eigenvalue weighted by molar-refractivity contribution is -0.122. The molecule has 1 fully saturated rings. The zero-order chi connectivity index (χ0) is 14.8. The van der Waals surface area contributed by atoms with Crippen LogP contribution in [0.25, 0.3) is 10.4 Å². The summed E-state index contributed by atoms with van der Waals surface area (Å²) in [5.41, 5.74) is 7.84. The number of aryl methyl sites for hydroxylation is 1. The molecule has 4 nitrogen and oxygen atoms in total. The van der Waals surface area contributed by atoms with Gasteiger partial charge in [-0.15, -0.1) is 0 Å². The monoisotopic (exact) mass is 301 g/mol. The standard InChI is InChI=1S/C16H19N3OS/c1-11-2-4-12(5-3-11)14-10-18-16(21-14)19-8-6-13(7-9-19)15(17)20/h2-5,10,13H,6-9H2,1H3,(H2,17,20). The molecule has 1 aliphatic rings. The lowest BCUT2D eigenvalue weighted by Gasteiger charge is -2.30. The highest BCUT2D eigenvalue weighted by Gasteiger charge is 2.24. The van der Waals surface area contributed by atoms with Crippen molar-refractivity contribution in [3.8, 4) is 10.4 Å². The quantitative estimate of drug-likeness (QED) is 0.948. The maximum Gasteiger partial charge on any atom is 0.220 e. The summed E-state index contributed by atoms with van der Waals surface area (Å²) in [5, 5.41) is 1.04. The molecule has 0 bridgehead atoms. The normalized spacial score (nSPS) is 16.1. The Morgan fingerprint density at radius 2 is 1.95 bits per heavy atom. The summed E-state index contributed by atoms with van der Waals surface area (Å²) >= 11 is 1.71. The van der Waals surface area contributed by atoms with E-state index >= 15 is 0 Å². The van der Waals surface area contributed by atoms with Crippen molar-refractivity contribution in [1.29, 1.82) is 0 Å². The van der Waals surface area contributed by atoms with Gasteiger partial charge in [0.25, 0.3) is 0 Å². The van der Waals surface area contributed by atoms with E-state index in [9.17, 15) is 4.79 Å². The molecule has 0 aliphatic carbocycles. The number of nitrogens with two attached hydrogens (primary N) is 1. The highest BCUT2D eigenvalue weighted by Crippen LogP contribution is 2.33. The van der Waals surface area contributed by atoms with E-state index in [1.54, 1.807) is 11.3 Å². The fourth-order valence-electron chi connectivity index (χ4n) is 2.62. The van der Waals surface area contributed by atoms with Crippen molar-refractivity contribution in [1.82, 2.24) is 4.98 Å². The Morgan fingerprint density at radius 3 is 2.57 bits per heavy atom. The van der Waals surface area contributed by atoms with Crippen LogP contribution in [-0.2, 0) is 4.79 Å². The smallest absolute Gasteiger partial charge is 0.220 e. The number of hydrogen-bond acceptors (Lipinski definition) is 4. The molecule has 1 aromatic carbocycles. The number of primary amides is 1. The van der Waals surface area contributed by atoms with E-state index in [1.165, 1.54) is 16.0 Å². The van der Waals surface area contributed by atoms with Crippen molar-refractivity contribution in [2.45, 2.75) is 19.8 Å². The average Bonchev–Trinajstić information content (AvgIpc) is 2.98. The summed E-state index contributed by atoms with van der Waals surface area (Å²) in [6.45, 7) is 3.80. The molecule has 2 N–H and O–H groups in total. The third-order valence-electron chi connectivity index (χ3n) is 4.00. The van der Waals surface area contributed by atoms with Crippen LogP contribution in [0, 0.1) is 12.8 Å². The molecule has 1 aromatic heterocycles. The number of anilines is 1. The third kappa shape index (κ3) is 3.08. The fourth-order valence-corrected chi connectivity index (χ4v) is 3.59. The first kappa shape index (κ1) is 14.1. The molecule has 0 saturated carbocycles. The summed E-state index contributed by atoms with van der Waals surface area (Å²) < 4.78 is 0. The highest BCUT2D eigenvalue weighted by atomic mass is 32.1. The number of piperidine rings is 1. The Hall–Kier alpha value is -1.88. The van der Waals surface area contributed by atoms with Gasteiger partial charge < -0.3 is 10.6 Å². The van der Waals surface area contributed by atoms with Gasteiger partial charge in [-0.25, -0.2) is 4.98 Å². The van der Waals surface area contributed by atoms with Crippen LogP contribution in [0.15, 0.2) is 30.5 Å². The van der Waals surface area contributed by atoms with Gasteiger partial charge in [0, 0.05) is 25.2 Å². The molecule has 0 spiro atoms. The van der Waals surface area contributed by atoms with Crippen LogP contribution in [0.4, 0.5) is 5.13 Å². The molecule has 0 atom stereocenters. The molecule has 110 valence electrons. The topological polar surface area (TPSA) is 59.2 Å². The zero-order valence-electron chi connectivity index (χ0n) is 12.1. The van der Waals surface area contributed by atoms with E-state index in [2.05, 4.69) is 41.1 Å². The molecule has 1 aliphatic heterocycles. The van der Waals surface area contributed by atoms with Gasteiger partial charge >= 0.3 is 0 Å². The molecule has 2 aromatic rings. The van der Waals surface area contributed by atoms with Crippen molar-refractivity contribution in [3.05, 3.63) is 36.0 Å². The second-order valence-corrected chi connectivity index (χ2v) is 6.55. The van der Waals surface area contributed by atoms with E-state index in [1.807, 2.05) is 6.20 Å². The number of carbonyl (C=O) groups excluding carboxylic acids is 1. The van der Waals surface area contributed by atoms with E-state index in [4.69, 9.17) is 5.73 Å². The van der Waals surface area contributed by atoms with E-state index in [-0.39, 0.29) is 11.8 Å². The Morgan fingerprint density at radius 1 is 1.29 bits per heavy atom. The average molecular weight is 301 g/mol. The Labute approximate surface area is 128 Å². The lowest BCUT2D eigenvalue weighted by atomic mass is 9.97. The van der Waals surface area contributed by atoms with Crippen LogP contribution in [0.2, 0.25) is 0 Å². The largest absolute Gasteiger partial charge is 0.369 e. The Balaban J connectivity index is 1.71. The number of nitrogens with zero attached hydrogens (tertiary/aromatic N) is 2. The maximum absolute atomic E-state index is 11.2. The van der Waals surface area contributed by atoms with Crippen LogP contribution in [0.3, 0.4) is 0 Å². The molecular weight excluding hydrogens is 282 g/mol. The Kier molecular flexibility index (Phi) is 3.92. The predicted octanol–water partition coefficient (Wildman–Crippen LogP) is 2.82. The summed E-state index contributed by atoms with van der Waals surface area (Å²) in [4.78, 5) is 19.2. The van der Waals surface area contributed by atoms with Gasteiger partial charge in [-0.3, -0.25) is 4.79 Å². The van der Waals surface area contributed by atoms with Crippen LogP contribution >= 0.6 is 11.3 Å². The highest BCUT2D eigenvalue weighted by molar-refractivity contribution is 7.18. The van der Waals surface area contributed by atoms with Gasteiger partial charge in [0.15, 0.2) is 5.13 Å². The number of hydrogen-bond donors (Lipinski definition) is 1. The summed E-state index contributed by atoms with van der Waals surface area (Å²) in [6.07, 6.45) is 3.59. The molecule has 21 heavy (non-hydrogen) atoms. The Bertz CT molecular complexity index is 627. The van der Waals surface area contributed by atoms with Gasteiger partial charge in [0.05, 0.1) is 4.88 Å². The van der Waals surface area contributed by atoms with Crippen molar-refractivity contribution < 1.29 is 4.79 Å². The van der Waals surface area contributed by atoms with Crippen LogP contribution in [0.1, 0.15) is 18.4 Å². The molecule has 1 saturated heterocycles. The van der Waals surface area contributed by atoms with Crippen LogP contribution < -0.4 is 10.6 Å². The van der Waals surface area contributed by atoms with Crippen molar-refractivity contribution in [2.24, 2.45) is 11.7 Å². The maximum atomic E-state index is 11.2. The number of amides is 1. The number of thiazole rings is 1. The molecule has 3 rings (SSSR count). The van der Waals surface area contributed by atoms with Gasteiger partial charge in [-0.1, -0.05) is 41.2 Å². The molecule has 2 heterocycles. The number of carbonyl (C=O) groups is 1. The summed E-state index contributed by atoms with van der Waals surface area (Å²) in [6, 6.07) is 8.50. The molecule has 0 radical (unpaired) electrons. The minimum atomic E-state index is -0.172. The summed E-state index contributed by atoms with van der Waals surface area (Å²) in [7, 11) is 0. The SMILES string of the molecule is Cc1ccc(-c2cnc(N3CCC(C(N)=O)CC3)s2)cc1. The van der Waals surface area contributed by atoms with Gasteiger partial charge in [-0.05, 0) is 25.3 Å². The van der Waals surface area contributed by atoms with Crippen LogP contribution in [-0.4, -0.2) is 24.0 Å². The molecule has 1 amide bonds. The summed E-state index contributed by atoms with van der Waals surface area (Å²) in [5.74, 6) is -0.146. The minimum Gasteiger partial charge on any atom is -0.369 e. The van der Waals surface area contributed by atoms with Gasteiger partial charge in [-0.2, -0.15) is 0 Å². The first-order chi connectivity index (χ1) is 10.1. The predicted molar refractivity (Wildman–Crippen MR) is 86.4 cm³/mol. The van der Waals surface area contributed by atoms with Crippen molar-refractivity contribution >= 4 is 22.4 Å². The van der Waals surface area contributed by atoms with Crippen molar-refractivity contribution in [2.75, 3.05) is 18.0 Å². The minimum absolute atomic E-state index is 0.0257. The van der Waals surface area contributed by atoms with E-state index in [0.717, 1.165) is 31.1 Å². The van der Waals surface area contributed by atoms with Crippen molar-refractivity contribution in [3.63, 3.8) is 0 Å². The molecule has 5 heteroatoms. The first-order valence-electron chi connectivity index (χ1n) is 7.20. The van der Waals surface area contributed by atoms with E-state index < -0.39 is 0 Å². The number of rotatable bonds is 3. The van der Waals surface area contributed by atoms with Gasteiger partial charge in [0.1, 0.15) is 0 Å². The van der Waals surface area contributed by atoms with Crippen LogP contribution in [0.5, 0.6) is 0 Å². The lowest BCUT2D eigenvalue weighted by Crippen LogP contribution is -2.38. The molecular formula is C16H19N3OS. The van der Waals surface area contributed by atoms with Gasteiger partial charge in [0.2, 0.25) is 5.91 Å². The number of benzene rings is 1. The van der Waals surface area contributed by atoms with E-state index in [0.29, 0.717) is 0 Å².